The molecule has 0 aliphatic heterocycles. The third kappa shape index (κ3) is 3.82. The van der Waals surface area contributed by atoms with Crippen LogP contribution in [0, 0.1) is 10.1 Å². The van der Waals surface area contributed by atoms with Crippen LogP contribution >= 0.6 is 0 Å². The van der Waals surface area contributed by atoms with Gasteiger partial charge in [0.05, 0.1) is 17.1 Å². The van der Waals surface area contributed by atoms with E-state index < -0.39 is 10.9 Å². The number of ether oxygens (including phenoxy) is 2. The number of hydrogen-bond acceptors (Lipinski definition) is 5. The average Bonchev–Trinajstić information content (AvgIpc) is 2.53. The van der Waals surface area contributed by atoms with Crippen LogP contribution in [-0.4, -0.2) is 17.5 Å². The van der Waals surface area contributed by atoms with Crippen LogP contribution in [0.5, 0.6) is 11.5 Å². The van der Waals surface area contributed by atoms with Gasteiger partial charge in [-0.2, -0.15) is 0 Å². The van der Waals surface area contributed by atoms with Gasteiger partial charge in [0, 0.05) is 6.07 Å². The molecule has 0 fully saturated rings. The van der Waals surface area contributed by atoms with Crippen LogP contribution in [-0.2, 0) is 4.74 Å². The van der Waals surface area contributed by atoms with Crippen LogP contribution in [0.1, 0.15) is 23.7 Å². The van der Waals surface area contributed by atoms with Crippen molar-refractivity contribution in [2.45, 2.75) is 13.3 Å². The van der Waals surface area contributed by atoms with E-state index in [1.165, 1.54) is 12.1 Å². The summed E-state index contributed by atoms with van der Waals surface area (Å²) < 4.78 is 10.5. The standard InChI is InChI=1S/C16H15NO5/c1-2-10-21-16(18)12-8-9-15(14(11-12)17(19)20)22-13-6-4-3-5-7-13/h3-9,11H,2,10H2,1H3. The molecule has 0 radical (unpaired) electrons. The van der Waals surface area contributed by atoms with Gasteiger partial charge < -0.3 is 9.47 Å². The predicted octanol–water partition coefficient (Wildman–Crippen LogP) is 3.95. The van der Waals surface area contributed by atoms with E-state index in [1.54, 1.807) is 24.3 Å². The first kappa shape index (κ1) is 15.5. The zero-order chi connectivity index (χ0) is 15.9. The maximum Gasteiger partial charge on any atom is 0.338 e. The van der Waals surface area contributed by atoms with Crippen LogP contribution in [0.15, 0.2) is 48.5 Å². The quantitative estimate of drug-likeness (QED) is 0.458. The lowest BCUT2D eigenvalue weighted by Crippen LogP contribution is -2.06. The number of nitro groups is 1. The Labute approximate surface area is 127 Å². The summed E-state index contributed by atoms with van der Waals surface area (Å²) >= 11 is 0. The second-order valence-corrected chi connectivity index (χ2v) is 4.49. The van der Waals surface area contributed by atoms with Gasteiger partial charge in [-0.3, -0.25) is 10.1 Å². The van der Waals surface area contributed by atoms with Crippen molar-refractivity contribution in [3.8, 4) is 11.5 Å². The number of hydrogen-bond donors (Lipinski definition) is 0. The normalized spacial score (nSPS) is 10.0. The van der Waals surface area contributed by atoms with Crippen molar-refractivity contribution in [3.63, 3.8) is 0 Å². The Morgan fingerprint density at radius 1 is 1.18 bits per heavy atom. The zero-order valence-electron chi connectivity index (χ0n) is 12.0. The minimum Gasteiger partial charge on any atom is -0.462 e. The molecule has 0 bridgehead atoms. The van der Waals surface area contributed by atoms with Crippen LogP contribution in [0.4, 0.5) is 5.69 Å². The molecule has 0 aliphatic rings. The van der Waals surface area contributed by atoms with E-state index >= 15 is 0 Å². The van der Waals surface area contributed by atoms with E-state index in [2.05, 4.69) is 0 Å². The first-order valence-electron chi connectivity index (χ1n) is 6.80. The van der Waals surface area contributed by atoms with Crippen LogP contribution in [0.25, 0.3) is 0 Å². The number of nitro benzene ring substituents is 1. The molecular formula is C16H15NO5. The molecule has 0 heterocycles. The molecule has 0 spiro atoms. The molecule has 2 aromatic carbocycles. The molecule has 2 aromatic rings. The lowest BCUT2D eigenvalue weighted by Gasteiger charge is -2.08. The Kier molecular flexibility index (Phi) is 5.08. The molecule has 2 rings (SSSR count). The first-order valence-corrected chi connectivity index (χ1v) is 6.80. The second-order valence-electron chi connectivity index (χ2n) is 4.49. The minimum absolute atomic E-state index is 0.0724. The largest absolute Gasteiger partial charge is 0.462 e. The third-order valence-electron chi connectivity index (χ3n) is 2.80. The number of rotatable bonds is 6. The van der Waals surface area contributed by atoms with E-state index in [0.717, 1.165) is 6.07 Å². The van der Waals surface area contributed by atoms with Gasteiger partial charge in [0.1, 0.15) is 5.75 Å². The van der Waals surface area contributed by atoms with Crippen molar-refractivity contribution in [1.82, 2.24) is 0 Å². The van der Waals surface area contributed by atoms with E-state index in [9.17, 15) is 14.9 Å². The summed E-state index contributed by atoms with van der Waals surface area (Å²) in [5, 5.41) is 11.2. The number of carbonyl (C=O) groups is 1. The van der Waals surface area contributed by atoms with Gasteiger partial charge in [0.15, 0.2) is 0 Å². The van der Waals surface area contributed by atoms with Gasteiger partial charge in [0.2, 0.25) is 5.75 Å². The molecule has 0 saturated carbocycles. The van der Waals surface area contributed by atoms with Crippen molar-refractivity contribution < 1.29 is 19.2 Å². The monoisotopic (exact) mass is 301 g/mol. The molecule has 0 amide bonds. The summed E-state index contributed by atoms with van der Waals surface area (Å²) in [6, 6.07) is 12.7. The fourth-order valence-corrected chi connectivity index (χ4v) is 1.77. The van der Waals surface area contributed by atoms with Gasteiger partial charge in [0.25, 0.3) is 0 Å². The van der Waals surface area contributed by atoms with E-state index in [4.69, 9.17) is 9.47 Å². The number of carbonyl (C=O) groups excluding carboxylic acids is 1. The molecular weight excluding hydrogens is 286 g/mol. The molecule has 0 atom stereocenters. The summed E-state index contributed by atoms with van der Waals surface area (Å²) in [5.74, 6) is -0.0358. The number of para-hydroxylation sites is 1. The Morgan fingerprint density at radius 3 is 2.55 bits per heavy atom. The molecule has 6 nitrogen and oxygen atoms in total. The van der Waals surface area contributed by atoms with E-state index in [0.29, 0.717) is 12.2 Å². The lowest BCUT2D eigenvalue weighted by molar-refractivity contribution is -0.385. The molecule has 0 aliphatic carbocycles. The maximum absolute atomic E-state index is 11.8. The molecule has 0 aromatic heterocycles. The van der Waals surface area contributed by atoms with Crippen molar-refractivity contribution in [2.75, 3.05) is 6.61 Å². The van der Waals surface area contributed by atoms with Crippen LogP contribution in [0.2, 0.25) is 0 Å². The molecule has 0 unspecified atom stereocenters. The van der Waals surface area contributed by atoms with Gasteiger partial charge >= 0.3 is 11.7 Å². The molecule has 0 saturated heterocycles. The lowest BCUT2D eigenvalue weighted by atomic mass is 10.2. The fraction of sp³-hybridized carbons (Fsp3) is 0.188. The number of benzene rings is 2. The Balaban J connectivity index is 2.28. The van der Waals surface area contributed by atoms with Gasteiger partial charge in [-0.1, -0.05) is 25.1 Å². The summed E-state index contributed by atoms with van der Waals surface area (Å²) in [7, 11) is 0. The zero-order valence-corrected chi connectivity index (χ0v) is 12.0. The average molecular weight is 301 g/mol. The van der Waals surface area contributed by atoms with Crippen LogP contribution in [0.3, 0.4) is 0 Å². The van der Waals surface area contributed by atoms with Crippen molar-refractivity contribution in [3.05, 3.63) is 64.2 Å². The highest BCUT2D eigenvalue weighted by Crippen LogP contribution is 2.32. The van der Waals surface area contributed by atoms with Crippen molar-refractivity contribution >= 4 is 11.7 Å². The Bertz CT molecular complexity index is 669. The van der Waals surface area contributed by atoms with Gasteiger partial charge in [-0.25, -0.2) is 4.79 Å². The highest BCUT2D eigenvalue weighted by Gasteiger charge is 2.20. The summed E-state index contributed by atoms with van der Waals surface area (Å²) in [4.78, 5) is 22.3. The summed E-state index contributed by atoms with van der Waals surface area (Å²) in [6.07, 6.45) is 0.684. The van der Waals surface area contributed by atoms with E-state index in [-0.39, 0.29) is 23.6 Å². The maximum atomic E-state index is 11.8. The van der Waals surface area contributed by atoms with Crippen molar-refractivity contribution in [2.24, 2.45) is 0 Å². The van der Waals surface area contributed by atoms with Gasteiger partial charge in [-0.05, 0) is 30.7 Å². The van der Waals surface area contributed by atoms with Crippen molar-refractivity contribution in [1.29, 1.82) is 0 Å². The van der Waals surface area contributed by atoms with Gasteiger partial charge in [-0.15, -0.1) is 0 Å². The molecule has 114 valence electrons. The first-order chi connectivity index (χ1) is 10.6. The second kappa shape index (κ2) is 7.21. The predicted molar refractivity (Wildman–Crippen MR) is 80.2 cm³/mol. The Morgan fingerprint density at radius 2 is 1.91 bits per heavy atom. The summed E-state index contributed by atoms with van der Waals surface area (Å²) in [6.45, 7) is 2.14. The number of nitrogens with zero attached hydrogens (tertiary/aromatic N) is 1. The number of esters is 1. The third-order valence-corrected chi connectivity index (χ3v) is 2.80. The SMILES string of the molecule is CCCOC(=O)c1ccc(Oc2ccccc2)c([N+](=O)[O-])c1. The highest BCUT2D eigenvalue weighted by molar-refractivity contribution is 5.90. The Hall–Kier alpha value is -2.89. The topological polar surface area (TPSA) is 78.7 Å². The smallest absolute Gasteiger partial charge is 0.338 e. The molecule has 0 N–H and O–H groups in total. The molecule has 6 heteroatoms. The highest BCUT2D eigenvalue weighted by atomic mass is 16.6. The molecule has 22 heavy (non-hydrogen) atoms. The fourth-order valence-electron chi connectivity index (χ4n) is 1.77. The van der Waals surface area contributed by atoms with E-state index in [1.807, 2.05) is 13.0 Å². The minimum atomic E-state index is -0.588. The summed E-state index contributed by atoms with van der Waals surface area (Å²) in [5.41, 5.74) is -0.157. The van der Waals surface area contributed by atoms with Crippen LogP contribution < -0.4 is 4.74 Å².